The van der Waals surface area contributed by atoms with Crippen LogP contribution in [0.1, 0.15) is 36.7 Å². The lowest BCUT2D eigenvalue weighted by atomic mass is 10.0. The molecule has 0 saturated carbocycles. The van der Waals surface area contributed by atoms with E-state index in [9.17, 15) is 9.59 Å². The molecule has 178 valence electrons. The second-order valence-corrected chi connectivity index (χ2v) is 8.09. The molecule has 0 aliphatic carbocycles. The minimum Gasteiger partial charge on any atom is -0.497 e. The van der Waals surface area contributed by atoms with Crippen LogP contribution in [0.4, 0.5) is 0 Å². The number of para-hydroxylation sites is 1. The molecule has 0 saturated heterocycles. The molecule has 2 aromatic carbocycles. The van der Waals surface area contributed by atoms with Crippen molar-refractivity contribution in [2.24, 2.45) is 5.92 Å². The average Bonchev–Trinajstić information content (AvgIpc) is 2.84. The molecule has 2 amide bonds. The van der Waals surface area contributed by atoms with Crippen LogP contribution in [0.2, 0.25) is 0 Å². The van der Waals surface area contributed by atoms with Crippen LogP contribution in [0.15, 0.2) is 36.4 Å². The van der Waals surface area contributed by atoms with Gasteiger partial charge in [0.1, 0.15) is 30.8 Å². The van der Waals surface area contributed by atoms with Crippen molar-refractivity contribution in [1.29, 1.82) is 0 Å². The first-order valence-electron chi connectivity index (χ1n) is 11.1. The van der Waals surface area contributed by atoms with Gasteiger partial charge in [0.2, 0.25) is 5.91 Å². The number of benzene rings is 2. The molecule has 33 heavy (non-hydrogen) atoms. The summed E-state index contributed by atoms with van der Waals surface area (Å²) in [6.45, 7) is 7.54. The number of fused-ring (bicyclic) bond motifs is 1. The van der Waals surface area contributed by atoms with E-state index in [1.807, 2.05) is 39.0 Å². The standard InChI is InChI=1S/C25H32N2O6/c1-6-27(15-17-8-7-9-21-23(17)33-11-10-32-21)25(29)22(16(2)3)26-24(28)18-12-19(30-4)14-20(13-18)31-5/h7-9,12-14,16,22H,6,10-11,15H2,1-5H3,(H,26,28). The molecule has 0 aromatic heterocycles. The second-order valence-electron chi connectivity index (χ2n) is 8.09. The fourth-order valence-corrected chi connectivity index (χ4v) is 3.68. The fourth-order valence-electron chi connectivity index (χ4n) is 3.68. The van der Waals surface area contributed by atoms with Crippen LogP contribution in [0, 0.1) is 5.92 Å². The molecule has 1 N–H and O–H groups in total. The molecule has 0 spiro atoms. The van der Waals surface area contributed by atoms with Gasteiger partial charge in [-0.3, -0.25) is 9.59 Å². The Morgan fingerprint density at radius 2 is 1.73 bits per heavy atom. The summed E-state index contributed by atoms with van der Waals surface area (Å²) in [6.07, 6.45) is 0. The van der Waals surface area contributed by atoms with Gasteiger partial charge in [0.05, 0.1) is 14.2 Å². The predicted octanol–water partition coefficient (Wildman–Crippen LogP) is 3.28. The quantitative estimate of drug-likeness (QED) is 0.623. The van der Waals surface area contributed by atoms with Gasteiger partial charge in [-0.15, -0.1) is 0 Å². The lowest BCUT2D eigenvalue weighted by Crippen LogP contribution is -2.51. The predicted molar refractivity (Wildman–Crippen MR) is 124 cm³/mol. The Morgan fingerprint density at radius 3 is 2.33 bits per heavy atom. The first kappa shape index (κ1) is 24.2. The summed E-state index contributed by atoms with van der Waals surface area (Å²) in [5.74, 6) is 1.70. The fraction of sp³-hybridized carbons (Fsp3) is 0.440. The topological polar surface area (TPSA) is 86.3 Å². The molecule has 8 nitrogen and oxygen atoms in total. The number of likely N-dealkylation sites (N-methyl/N-ethyl adjacent to an activating group) is 1. The van der Waals surface area contributed by atoms with E-state index in [1.54, 1.807) is 23.1 Å². The zero-order valence-electron chi connectivity index (χ0n) is 19.8. The van der Waals surface area contributed by atoms with E-state index >= 15 is 0 Å². The summed E-state index contributed by atoms with van der Waals surface area (Å²) >= 11 is 0. The molecule has 2 aromatic rings. The van der Waals surface area contributed by atoms with Crippen LogP contribution in [0.3, 0.4) is 0 Å². The van der Waals surface area contributed by atoms with Crippen LogP contribution in [-0.4, -0.2) is 56.7 Å². The van der Waals surface area contributed by atoms with E-state index in [0.29, 0.717) is 54.9 Å². The van der Waals surface area contributed by atoms with Gasteiger partial charge < -0.3 is 29.2 Å². The SMILES string of the molecule is CCN(Cc1cccc2c1OCCO2)C(=O)C(NC(=O)c1cc(OC)cc(OC)c1)C(C)C. The summed E-state index contributed by atoms with van der Waals surface area (Å²) in [7, 11) is 3.04. The molecule has 0 bridgehead atoms. The Bertz CT molecular complexity index is 969. The van der Waals surface area contributed by atoms with E-state index in [4.69, 9.17) is 18.9 Å². The first-order valence-corrected chi connectivity index (χ1v) is 11.1. The van der Waals surface area contributed by atoms with Crippen molar-refractivity contribution in [3.8, 4) is 23.0 Å². The molecule has 3 rings (SSSR count). The second kappa shape index (κ2) is 10.9. The number of hydrogen-bond donors (Lipinski definition) is 1. The highest BCUT2D eigenvalue weighted by molar-refractivity contribution is 5.98. The Balaban J connectivity index is 1.80. The number of amides is 2. The van der Waals surface area contributed by atoms with Gasteiger partial charge >= 0.3 is 0 Å². The van der Waals surface area contributed by atoms with Crippen LogP contribution < -0.4 is 24.3 Å². The van der Waals surface area contributed by atoms with Gasteiger partial charge in [0.15, 0.2) is 11.5 Å². The molecule has 0 fully saturated rings. The highest BCUT2D eigenvalue weighted by atomic mass is 16.6. The summed E-state index contributed by atoms with van der Waals surface area (Å²) in [6, 6.07) is 9.89. The molecular weight excluding hydrogens is 424 g/mol. The highest BCUT2D eigenvalue weighted by Gasteiger charge is 2.30. The number of rotatable bonds is 9. The summed E-state index contributed by atoms with van der Waals surface area (Å²) < 4.78 is 22.0. The van der Waals surface area contributed by atoms with Crippen molar-refractivity contribution in [3.05, 3.63) is 47.5 Å². The van der Waals surface area contributed by atoms with Crippen molar-refractivity contribution in [2.45, 2.75) is 33.4 Å². The molecule has 1 aliphatic heterocycles. The molecule has 0 radical (unpaired) electrons. The third-order valence-electron chi connectivity index (χ3n) is 5.54. The smallest absolute Gasteiger partial charge is 0.252 e. The van der Waals surface area contributed by atoms with Crippen LogP contribution in [0.25, 0.3) is 0 Å². The molecular formula is C25H32N2O6. The third kappa shape index (κ3) is 5.69. The zero-order valence-corrected chi connectivity index (χ0v) is 19.8. The molecule has 1 unspecified atom stereocenters. The van der Waals surface area contributed by atoms with Gasteiger partial charge in [-0.25, -0.2) is 0 Å². The maximum absolute atomic E-state index is 13.5. The molecule has 1 heterocycles. The molecule has 1 atom stereocenters. The van der Waals surface area contributed by atoms with Crippen LogP contribution >= 0.6 is 0 Å². The van der Waals surface area contributed by atoms with Crippen molar-refractivity contribution < 1.29 is 28.5 Å². The van der Waals surface area contributed by atoms with Gasteiger partial charge in [-0.05, 0) is 31.0 Å². The Morgan fingerprint density at radius 1 is 1.06 bits per heavy atom. The minimum absolute atomic E-state index is 0.118. The lowest BCUT2D eigenvalue weighted by molar-refractivity contribution is -0.134. The highest BCUT2D eigenvalue weighted by Crippen LogP contribution is 2.34. The Hall–Kier alpha value is -3.42. The van der Waals surface area contributed by atoms with Crippen molar-refractivity contribution in [1.82, 2.24) is 10.2 Å². The van der Waals surface area contributed by atoms with E-state index < -0.39 is 6.04 Å². The van der Waals surface area contributed by atoms with E-state index in [0.717, 1.165) is 5.56 Å². The number of hydrogen-bond acceptors (Lipinski definition) is 6. The minimum atomic E-state index is -0.702. The third-order valence-corrected chi connectivity index (χ3v) is 5.54. The first-order chi connectivity index (χ1) is 15.9. The number of methoxy groups -OCH3 is 2. The number of carbonyl (C=O) groups excluding carboxylic acids is 2. The van der Waals surface area contributed by atoms with E-state index in [1.165, 1.54) is 14.2 Å². The average molecular weight is 457 g/mol. The zero-order chi connectivity index (χ0) is 24.0. The Kier molecular flexibility index (Phi) is 8.03. The van der Waals surface area contributed by atoms with E-state index in [2.05, 4.69) is 5.32 Å². The Labute approximate surface area is 194 Å². The number of carbonyl (C=O) groups is 2. The number of nitrogens with one attached hydrogen (secondary N) is 1. The normalized spacial score (nSPS) is 13.3. The van der Waals surface area contributed by atoms with Gasteiger partial charge in [-0.2, -0.15) is 0 Å². The summed E-state index contributed by atoms with van der Waals surface area (Å²) in [4.78, 5) is 28.2. The van der Waals surface area contributed by atoms with Crippen LogP contribution in [0.5, 0.6) is 23.0 Å². The van der Waals surface area contributed by atoms with Gasteiger partial charge in [0, 0.05) is 30.3 Å². The number of nitrogens with zero attached hydrogens (tertiary/aromatic N) is 1. The van der Waals surface area contributed by atoms with Crippen molar-refractivity contribution in [2.75, 3.05) is 34.0 Å². The number of ether oxygens (including phenoxy) is 4. The van der Waals surface area contributed by atoms with Crippen molar-refractivity contribution >= 4 is 11.8 Å². The largest absolute Gasteiger partial charge is 0.497 e. The maximum Gasteiger partial charge on any atom is 0.252 e. The molecule has 8 heteroatoms. The van der Waals surface area contributed by atoms with Gasteiger partial charge in [-0.1, -0.05) is 26.0 Å². The van der Waals surface area contributed by atoms with E-state index in [-0.39, 0.29) is 17.7 Å². The van der Waals surface area contributed by atoms with Crippen LogP contribution in [-0.2, 0) is 11.3 Å². The monoisotopic (exact) mass is 456 g/mol. The summed E-state index contributed by atoms with van der Waals surface area (Å²) in [5, 5.41) is 2.90. The van der Waals surface area contributed by atoms with Gasteiger partial charge in [0.25, 0.3) is 5.91 Å². The summed E-state index contributed by atoms with van der Waals surface area (Å²) in [5.41, 5.74) is 1.23. The lowest BCUT2D eigenvalue weighted by Gasteiger charge is -2.30. The van der Waals surface area contributed by atoms with Crippen molar-refractivity contribution in [3.63, 3.8) is 0 Å². The maximum atomic E-state index is 13.5. The molecule has 1 aliphatic rings.